The lowest BCUT2D eigenvalue weighted by Gasteiger charge is -2.26. The van der Waals surface area contributed by atoms with Gasteiger partial charge in [0.05, 0.1) is 19.8 Å². The van der Waals surface area contributed by atoms with E-state index in [9.17, 15) is 14.0 Å². The highest BCUT2D eigenvalue weighted by atomic mass is 19.1. The molecule has 38 heavy (non-hydrogen) atoms. The molecule has 0 atom stereocenters. The lowest BCUT2D eigenvalue weighted by atomic mass is 10.0. The molecule has 0 aromatic heterocycles. The molecule has 3 aromatic carbocycles. The van der Waals surface area contributed by atoms with E-state index in [0.717, 1.165) is 31.5 Å². The number of piperidine rings is 1. The standard InChI is InChI=1S/C30H31FN2O5/c1-36-26-17-22(29(27(19-26)37-2)30(35)32-24-8-6-7-23(31)18-24)12-9-21-10-13-25(14-11-21)38-20-28(34)33-15-4-3-5-16-33/h6-14,17-19H,3-5,15-16,20H2,1-2H3,(H,32,35)/b12-9+. The molecule has 0 bridgehead atoms. The summed E-state index contributed by atoms with van der Waals surface area (Å²) in [6, 6.07) is 16.3. The summed E-state index contributed by atoms with van der Waals surface area (Å²) in [5.74, 6) is 0.547. The van der Waals surface area contributed by atoms with E-state index >= 15 is 0 Å². The summed E-state index contributed by atoms with van der Waals surface area (Å²) < 4.78 is 30.2. The molecule has 1 N–H and O–H groups in total. The van der Waals surface area contributed by atoms with Gasteiger partial charge in [0, 0.05) is 24.8 Å². The number of carbonyl (C=O) groups is 2. The van der Waals surface area contributed by atoms with E-state index in [1.807, 2.05) is 23.1 Å². The van der Waals surface area contributed by atoms with Crippen molar-refractivity contribution in [3.63, 3.8) is 0 Å². The Labute approximate surface area is 221 Å². The number of hydrogen-bond donors (Lipinski definition) is 1. The van der Waals surface area contributed by atoms with Crippen LogP contribution in [0.25, 0.3) is 12.2 Å². The molecule has 8 heteroatoms. The molecule has 4 rings (SSSR count). The first-order valence-electron chi connectivity index (χ1n) is 12.5. The van der Waals surface area contributed by atoms with Gasteiger partial charge in [0.1, 0.15) is 23.1 Å². The van der Waals surface area contributed by atoms with Gasteiger partial charge in [-0.05, 0) is 66.8 Å². The predicted octanol–water partition coefficient (Wildman–Crippen LogP) is 5.66. The summed E-state index contributed by atoms with van der Waals surface area (Å²) in [5.41, 5.74) is 2.03. The Kier molecular flexibility index (Phi) is 8.98. The van der Waals surface area contributed by atoms with Crippen LogP contribution in [0.2, 0.25) is 0 Å². The monoisotopic (exact) mass is 518 g/mol. The molecule has 1 saturated heterocycles. The molecule has 0 radical (unpaired) electrons. The average molecular weight is 519 g/mol. The highest BCUT2D eigenvalue weighted by Crippen LogP contribution is 2.31. The zero-order valence-corrected chi connectivity index (χ0v) is 21.5. The maximum absolute atomic E-state index is 13.6. The number of nitrogens with one attached hydrogen (secondary N) is 1. The Hall–Kier alpha value is -4.33. The first-order valence-corrected chi connectivity index (χ1v) is 12.5. The highest BCUT2D eigenvalue weighted by Gasteiger charge is 2.19. The number of anilines is 1. The van der Waals surface area contributed by atoms with Crippen LogP contribution in [-0.4, -0.2) is 50.6 Å². The molecule has 1 fully saturated rings. The fourth-order valence-corrected chi connectivity index (χ4v) is 4.26. The highest BCUT2D eigenvalue weighted by molar-refractivity contribution is 6.09. The van der Waals surface area contributed by atoms with Crippen molar-refractivity contribution in [3.8, 4) is 17.2 Å². The van der Waals surface area contributed by atoms with Crippen molar-refractivity contribution in [2.75, 3.05) is 39.2 Å². The summed E-state index contributed by atoms with van der Waals surface area (Å²) in [4.78, 5) is 27.4. The minimum Gasteiger partial charge on any atom is -0.497 e. The van der Waals surface area contributed by atoms with Gasteiger partial charge in [0.15, 0.2) is 6.61 Å². The van der Waals surface area contributed by atoms with Crippen LogP contribution in [0, 0.1) is 5.82 Å². The average Bonchev–Trinajstić information content (AvgIpc) is 2.95. The van der Waals surface area contributed by atoms with Gasteiger partial charge in [-0.3, -0.25) is 9.59 Å². The smallest absolute Gasteiger partial charge is 0.260 e. The number of carbonyl (C=O) groups excluding carboxylic acids is 2. The first kappa shape index (κ1) is 26.7. The van der Waals surface area contributed by atoms with Crippen molar-refractivity contribution in [2.24, 2.45) is 0 Å². The van der Waals surface area contributed by atoms with Crippen molar-refractivity contribution < 1.29 is 28.2 Å². The second-order valence-electron chi connectivity index (χ2n) is 8.89. The Morgan fingerprint density at radius 1 is 0.921 bits per heavy atom. The van der Waals surface area contributed by atoms with Crippen LogP contribution in [0.5, 0.6) is 17.2 Å². The van der Waals surface area contributed by atoms with Gasteiger partial charge in [-0.1, -0.05) is 30.4 Å². The van der Waals surface area contributed by atoms with Crippen molar-refractivity contribution in [1.82, 2.24) is 4.90 Å². The quantitative estimate of drug-likeness (QED) is 0.370. The second kappa shape index (κ2) is 12.8. The maximum Gasteiger partial charge on any atom is 0.260 e. The molecular weight excluding hydrogens is 487 g/mol. The summed E-state index contributed by atoms with van der Waals surface area (Å²) >= 11 is 0. The molecular formula is C30H31FN2O5. The fourth-order valence-electron chi connectivity index (χ4n) is 4.26. The van der Waals surface area contributed by atoms with E-state index in [2.05, 4.69) is 5.32 Å². The number of methoxy groups -OCH3 is 2. The van der Waals surface area contributed by atoms with Crippen LogP contribution in [-0.2, 0) is 4.79 Å². The molecule has 7 nitrogen and oxygen atoms in total. The van der Waals surface area contributed by atoms with Crippen LogP contribution in [0.15, 0.2) is 60.7 Å². The molecule has 0 saturated carbocycles. The Morgan fingerprint density at radius 3 is 2.37 bits per heavy atom. The number of benzene rings is 3. The van der Waals surface area contributed by atoms with E-state index in [4.69, 9.17) is 14.2 Å². The summed E-state index contributed by atoms with van der Waals surface area (Å²) in [6.45, 7) is 1.61. The van der Waals surface area contributed by atoms with Crippen LogP contribution >= 0.6 is 0 Å². The van der Waals surface area contributed by atoms with Gasteiger partial charge in [0.25, 0.3) is 11.8 Å². The van der Waals surface area contributed by atoms with E-state index in [-0.39, 0.29) is 18.1 Å². The summed E-state index contributed by atoms with van der Waals surface area (Å²) in [5, 5.41) is 2.72. The summed E-state index contributed by atoms with van der Waals surface area (Å²) in [7, 11) is 3.00. The van der Waals surface area contributed by atoms with Crippen LogP contribution in [0.4, 0.5) is 10.1 Å². The third kappa shape index (κ3) is 6.91. The van der Waals surface area contributed by atoms with Gasteiger partial charge in [-0.15, -0.1) is 0 Å². The molecule has 0 unspecified atom stereocenters. The first-order chi connectivity index (χ1) is 18.5. The normalized spacial score (nSPS) is 13.3. The van der Waals surface area contributed by atoms with E-state index in [0.29, 0.717) is 28.5 Å². The number of nitrogens with zero attached hydrogens (tertiary/aromatic N) is 1. The number of halogens is 1. The topological polar surface area (TPSA) is 77.1 Å². The molecule has 1 aliphatic heterocycles. The molecule has 3 aromatic rings. The maximum atomic E-state index is 13.6. The molecule has 1 heterocycles. The van der Waals surface area contributed by atoms with Crippen molar-refractivity contribution in [1.29, 1.82) is 0 Å². The Balaban J connectivity index is 1.49. The van der Waals surface area contributed by atoms with Gasteiger partial charge in [0.2, 0.25) is 0 Å². The minimum absolute atomic E-state index is 0.00434. The van der Waals surface area contributed by atoms with Crippen molar-refractivity contribution in [3.05, 3.63) is 83.2 Å². The lowest BCUT2D eigenvalue weighted by molar-refractivity contribution is -0.134. The van der Waals surface area contributed by atoms with Gasteiger partial charge < -0.3 is 24.4 Å². The fraction of sp³-hybridized carbons (Fsp3) is 0.267. The van der Waals surface area contributed by atoms with Gasteiger partial charge in [-0.2, -0.15) is 0 Å². The van der Waals surface area contributed by atoms with Gasteiger partial charge >= 0.3 is 0 Å². The molecule has 1 aliphatic rings. The Bertz CT molecular complexity index is 1300. The van der Waals surface area contributed by atoms with Crippen LogP contribution in [0.1, 0.15) is 40.7 Å². The zero-order chi connectivity index (χ0) is 26.9. The third-order valence-electron chi connectivity index (χ3n) is 6.28. The number of amides is 2. The molecule has 0 spiro atoms. The number of likely N-dealkylation sites (tertiary alicyclic amines) is 1. The van der Waals surface area contributed by atoms with E-state index < -0.39 is 11.7 Å². The number of rotatable bonds is 9. The largest absolute Gasteiger partial charge is 0.497 e. The Morgan fingerprint density at radius 2 is 1.68 bits per heavy atom. The second-order valence-corrected chi connectivity index (χ2v) is 8.89. The SMILES string of the molecule is COc1cc(/C=C/c2ccc(OCC(=O)N3CCCCC3)cc2)c(C(=O)Nc2cccc(F)c2)c(OC)c1. The molecule has 0 aliphatic carbocycles. The van der Waals surface area contributed by atoms with Crippen LogP contribution < -0.4 is 19.5 Å². The third-order valence-corrected chi connectivity index (χ3v) is 6.28. The molecule has 198 valence electrons. The van der Waals surface area contributed by atoms with E-state index in [1.54, 1.807) is 36.4 Å². The van der Waals surface area contributed by atoms with Crippen molar-refractivity contribution in [2.45, 2.75) is 19.3 Å². The molecule has 2 amide bonds. The zero-order valence-electron chi connectivity index (χ0n) is 21.5. The lowest BCUT2D eigenvalue weighted by Crippen LogP contribution is -2.38. The van der Waals surface area contributed by atoms with Crippen molar-refractivity contribution >= 4 is 29.7 Å². The number of hydrogen-bond acceptors (Lipinski definition) is 5. The van der Waals surface area contributed by atoms with Gasteiger partial charge in [-0.25, -0.2) is 4.39 Å². The van der Waals surface area contributed by atoms with Crippen LogP contribution in [0.3, 0.4) is 0 Å². The predicted molar refractivity (Wildman–Crippen MR) is 145 cm³/mol. The van der Waals surface area contributed by atoms with E-state index in [1.165, 1.54) is 38.8 Å². The minimum atomic E-state index is -0.451. The summed E-state index contributed by atoms with van der Waals surface area (Å²) in [6.07, 6.45) is 6.87. The number of ether oxygens (including phenoxy) is 3.